The molecule has 1 heterocycles. The van der Waals surface area contributed by atoms with E-state index in [-0.39, 0.29) is 24.3 Å². The summed E-state index contributed by atoms with van der Waals surface area (Å²) < 4.78 is 44.1. The summed E-state index contributed by atoms with van der Waals surface area (Å²) in [5.74, 6) is 0.341. The third-order valence-electron chi connectivity index (χ3n) is 2.48. The van der Waals surface area contributed by atoms with Gasteiger partial charge in [0.25, 0.3) is 0 Å². The summed E-state index contributed by atoms with van der Waals surface area (Å²) in [4.78, 5) is 0. The summed E-state index contributed by atoms with van der Waals surface area (Å²) in [7, 11) is 0. The smallest absolute Gasteiger partial charge is 0.396 e. The zero-order valence-electron chi connectivity index (χ0n) is 9.54. The van der Waals surface area contributed by atoms with Crippen molar-refractivity contribution in [3.8, 4) is 11.3 Å². The Kier molecular flexibility index (Phi) is 3.96. The van der Waals surface area contributed by atoms with E-state index in [1.165, 1.54) is 18.2 Å². The van der Waals surface area contributed by atoms with E-state index in [1.807, 2.05) is 0 Å². The molecule has 1 aromatic carbocycles. The molecule has 0 amide bonds. The molecule has 0 bridgehead atoms. The Balaban J connectivity index is 2.48. The fraction of sp³-hybridized carbons (Fsp3) is 0.250. The molecule has 1 N–H and O–H groups in total. The zero-order valence-corrected chi connectivity index (χ0v) is 11.1. The first-order valence-electron chi connectivity index (χ1n) is 5.35. The fourth-order valence-corrected chi connectivity index (χ4v) is 2.00. The second-order valence-corrected chi connectivity index (χ2v) is 4.76. The Morgan fingerprint density at radius 3 is 2.63 bits per heavy atom. The number of halogens is 4. The van der Waals surface area contributed by atoms with Crippen molar-refractivity contribution < 1.29 is 22.8 Å². The molecule has 3 nitrogen and oxygen atoms in total. The highest BCUT2D eigenvalue weighted by atomic mass is 79.9. The highest BCUT2D eigenvalue weighted by Crippen LogP contribution is 2.38. The lowest BCUT2D eigenvalue weighted by molar-refractivity contribution is -0.137. The summed E-state index contributed by atoms with van der Waals surface area (Å²) >= 11 is 3.01. The van der Waals surface area contributed by atoms with Gasteiger partial charge >= 0.3 is 6.18 Å². The van der Waals surface area contributed by atoms with Crippen molar-refractivity contribution in [2.24, 2.45) is 0 Å². The molecular formula is C12H9BrF3NO2. The van der Waals surface area contributed by atoms with Crippen molar-refractivity contribution in [3.05, 3.63) is 40.1 Å². The van der Waals surface area contributed by atoms with E-state index < -0.39 is 11.7 Å². The second kappa shape index (κ2) is 5.34. The number of benzene rings is 1. The quantitative estimate of drug-likeness (QED) is 0.931. The Morgan fingerprint density at radius 2 is 2.00 bits per heavy atom. The van der Waals surface area contributed by atoms with Crippen LogP contribution in [0.2, 0.25) is 0 Å². The Hall–Kier alpha value is -1.34. The number of alkyl halides is 3. The van der Waals surface area contributed by atoms with Crippen LogP contribution in [0.5, 0.6) is 0 Å². The lowest BCUT2D eigenvalue weighted by Gasteiger charge is -2.11. The van der Waals surface area contributed by atoms with Crippen LogP contribution >= 0.6 is 15.9 Å². The van der Waals surface area contributed by atoms with Crippen molar-refractivity contribution in [3.63, 3.8) is 0 Å². The molecule has 0 aliphatic rings. The van der Waals surface area contributed by atoms with Gasteiger partial charge in [0.15, 0.2) is 0 Å². The second-order valence-electron chi connectivity index (χ2n) is 3.84. The van der Waals surface area contributed by atoms with Crippen LogP contribution in [0.1, 0.15) is 11.3 Å². The average molecular weight is 336 g/mol. The zero-order chi connectivity index (χ0) is 14.0. The molecule has 0 aliphatic heterocycles. The van der Waals surface area contributed by atoms with Gasteiger partial charge in [-0.15, -0.1) is 0 Å². The van der Waals surface area contributed by atoms with Gasteiger partial charge in [-0.05, 0) is 12.1 Å². The van der Waals surface area contributed by atoms with E-state index in [9.17, 15) is 13.2 Å². The highest BCUT2D eigenvalue weighted by molar-refractivity contribution is 9.10. The summed E-state index contributed by atoms with van der Waals surface area (Å²) in [6.45, 7) is -0.152. The molecule has 0 aliphatic carbocycles. The molecule has 0 saturated heterocycles. The number of hydrogen-bond acceptors (Lipinski definition) is 3. The molecule has 102 valence electrons. The number of nitrogens with zero attached hydrogens (tertiary/aromatic N) is 1. The van der Waals surface area contributed by atoms with Gasteiger partial charge < -0.3 is 9.63 Å². The minimum Gasteiger partial charge on any atom is -0.396 e. The topological polar surface area (TPSA) is 46.3 Å². The maximum Gasteiger partial charge on any atom is 0.417 e. The number of rotatable bonds is 3. The van der Waals surface area contributed by atoms with E-state index in [2.05, 4.69) is 21.1 Å². The Labute approximate surface area is 115 Å². The van der Waals surface area contributed by atoms with Crippen LogP contribution < -0.4 is 0 Å². The third-order valence-corrected chi connectivity index (χ3v) is 2.97. The monoisotopic (exact) mass is 335 g/mol. The van der Waals surface area contributed by atoms with Crippen molar-refractivity contribution in [2.45, 2.75) is 12.6 Å². The first kappa shape index (κ1) is 14.1. The summed E-state index contributed by atoms with van der Waals surface area (Å²) in [6.07, 6.45) is -4.26. The third kappa shape index (κ3) is 3.16. The van der Waals surface area contributed by atoms with Crippen molar-refractivity contribution >= 4 is 15.9 Å². The van der Waals surface area contributed by atoms with Crippen LogP contribution in [-0.4, -0.2) is 16.9 Å². The number of hydrogen-bond donors (Lipinski definition) is 1. The van der Waals surface area contributed by atoms with Gasteiger partial charge in [-0.25, -0.2) is 0 Å². The summed E-state index contributed by atoms with van der Waals surface area (Å²) in [5.41, 5.74) is -0.738. The van der Waals surface area contributed by atoms with Crippen molar-refractivity contribution in [2.75, 3.05) is 6.61 Å². The minimum atomic E-state index is -4.48. The lowest BCUT2D eigenvalue weighted by Crippen LogP contribution is -2.07. The van der Waals surface area contributed by atoms with Crippen LogP contribution in [0.15, 0.2) is 33.3 Å². The lowest BCUT2D eigenvalue weighted by atomic mass is 10.0. The molecule has 0 unspecified atom stereocenters. The maximum atomic E-state index is 12.9. The van der Waals surface area contributed by atoms with Crippen molar-refractivity contribution in [1.29, 1.82) is 0 Å². The molecule has 0 fully saturated rings. The van der Waals surface area contributed by atoms with E-state index in [4.69, 9.17) is 9.63 Å². The molecule has 2 aromatic rings. The SMILES string of the molecule is OCCc1cc(-c2ccc(Br)cc2C(F)(F)F)no1. The highest BCUT2D eigenvalue weighted by Gasteiger charge is 2.34. The molecule has 19 heavy (non-hydrogen) atoms. The van der Waals surface area contributed by atoms with Crippen LogP contribution in [0.4, 0.5) is 13.2 Å². The van der Waals surface area contributed by atoms with E-state index in [1.54, 1.807) is 0 Å². The predicted octanol–water partition coefficient (Wildman–Crippen LogP) is 3.66. The number of aliphatic hydroxyl groups excluding tert-OH is 1. The largest absolute Gasteiger partial charge is 0.417 e. The molecular weight excluding hydrogens is 327 g/mol. The van der Waals surface area contributed by atoms with Crippen LogP contribution in [-0.2, 0) is 12.6 Å². The van der Waals surface area contributed by atoms with Gasteiger partial charge in [-0.1, -0.05) is 27.2 Å². The van der Waals surface area contributed by atoms with Crippen LogP contribution in [0.25, 0.3) is 11.3 Å². The molecule has 0 spiro atoms. The van der Waals surface area contributed by atoms with Gasteiger partial charge in [0.1, 0.15) is 11.5 Å². The molecule has 0 atom stereocenters. The van der Waals surface area contributed by atoms with E-state index in [0.717, 1.165) is 6.07 Å². The summed E-state index contributed by atoms with van der Waals surface area (Å²) in [6, 6.07) is 5.23. The predicted molar refractivity (Wildman–Crippen MR) is 65.4 cm³/mol. The standard InChI is InChI=1S/C12H9BrF3NO2/c13-7-1-2-9(10(5-7)12(14,15)16)11-6-8(3-4-18)19-17-11/h1-2,5-6,18H,3-4H2. The van der Waals surface area contributed by atoms with Crippen LogP contribution in [0, 0.1) is 0 Å². The van der Waals surface area contributed by atoms with Gasteiger partial charge in [0, 0.05) is 22.5 Å². The minimum absolute atomic E-state index is 0.0522. The number of aliphatic hydroxyl groups is 1. The van der Waals surface area contributed by atoms with E-state index in [0.29, 0.717) is 10.2 Å². The molecule has 0 saturated carbocycles. The average Bonchev–Trinajstić information content (AvgIpc) is 2.77. The van der Waals surface area contributed by atoms with Gasteiger partial charge in [-0.3, -0.25) is 0 Å². The Bertz CT molecular complexity index is 581. The molecule has 7 heteroatoms. The maximum absolute atomic E-state index is 12.9. The van der Waals surface area contributed by atoms with Crippen LogP contribution in [0.3, 0.4) is 0 Å². The first-order chi connectivity index (χ1) is 8.91. The van der Waals surface area contributed by atoms with Crippen molar-refractivity contribution in [1.82, 2.24) is 5.16 Å². The first-order valence-corrected chi connectivity index (χ1v) is 6.14. The Morgan fingerprint density at radius 1 is 1.26 bits per heavy atom. The molecule has 2 rings (SSSR count). The van der Waals surface area contributed by atoms with Gasteiger partial charge in [0.2, 0.25) is 0 Å². The van der Waals surface area contributed by atoms with E-state index >= 15 is 0 Å². The molecule has 1 aromatic heterocycles. The molecule has 0 radical (unpaired) electrons. The normalized spacial score (nSPS) is 11.8. The fourth-order valence-electron chi connectivity index (χ4n) is 1.64. The van der Waals surface area contributed by atoms with Gasteiger partial charge in [0.05, 0.1) is 12.2 Å². The summed E-state index contributed by atoms with van der Waals surface area (Å²) in [5, 5.41) is 12.4. The number of aromatic nitrogens is 1. The van der Waals surface area contributed by atoms with Gasteiger partial charge in [-0.2, -0.15) is 13.2 Å².